The van der Waals surface area contributed by atoms with Crippen LogP contribution in [0.3, 0.4) is 0 Å². The van der Waals surface area contributed by atoms with Crippen LogP contribution in [0.4, 0.5) is 0 Å². The maximum atomic E-state index is 13.0. The lowest BCUT2D eigenvalue weighted by Gasteiger charge is -2.36. The van der Waals surface area contributed by atoms with Crippen LogP contribution >= 0.6 is 0 Å². The van der Waals surface area contributed by atoms with Gasteiger partial charge in [-0.2, -0.15) is 0 Å². The Bertz CT molecular complexity index is 796. The minimum absolute atomic E-state index is 0.0571. The van der Waals surface area contributed by atoms with Crippen molar-refractivity contribution in [2.75, 3.05) is 13.1 Å². The SMILES string of the molecule is O=C1NC[C@@H]2[C@H]1CCCN2C(=O)c1cccc(Oc2cnccn2)c1. The number of fused-ring (bicyclic) bond motifs is 1. The van der Waals surface area contributed by atoms with Crippen LogP contribution in [0.15, 0.2) is 42.9 Å². The number of aromatic nitrogens is 2. The van der Waals surface area contributed by atoms with Gasteiger partial charge in [-0.25, -0.2) is 4.98 Å². The molecular formula is C18H18N4O3. The van der Waals surface area contributed by atoms with Gasteiger partial charge in [-0.1, -0.05) is 6.07 Å². The predicted octanol–water partition coefficient (Wildman–Crippen LogP) is 1.62. The van der Waals surface area contributed by atoms with E-state index >= 15 is 0 Å². The quantitative estimate of drug-likeness (QED) is 0.919. The second-order valence-electron chi connectivity index (χ2n) is 6.23. The average molecular weight is 338 g/mol. The van der Waals surface area contributed by atoms with Crippen molar-refractivity contribution in [1.29, 1.82) is 0 Å². The highest BCUT2D eigenvalue weighted by Crippen LogP contribution is 2.29. The maximum absolute atomic E-state index is 13.0. The van der Waals surface area contributed by atoms with Crippen LogP contribution in [0.1, 0.15) is 23.2 Å². The van der Waals surface area contributed by atoms with Gasteiger partial charge in [0.2, 0.25) is 11.8 Å². The van der Waals surface area contributed by atoms with E-state index in [1.165, 1.54) is 6.20 Å². The van der Waals surface area contributed by atoms with Crippen molar-refractivity contribution in [2.24, 2.45) is 5.92 Å². The van der Waals surface area contributed by atoms with Crippen LogP contribution < -0.4 is 10.1 Å². The highest BCUT2D eigenvalue weighted by Gasteiger charge is 2.42. The Labute approximate surface area is 145 Å². The normalized spacial score (nSPS) is 22.2. The van der Waals surface area contributed by atoms with Crippen molar-refractivity contribution in [3.05, 3.63) is 48.4 Å². The number of benzene rings is 1. The molecule has 1 aromatic heterocycles. The summed E-state index contributed by atoms with van der Waals surface area (Å²) in [7, 11) is 0. The van der Waals surface area contributed by atoms with Gasteiger partial charge >= 0.3 is 0 Å². The Morgan fingerprint density at radius 3 is 3.08 bits per heavy atom. The maximum Gasteiger partial charge on any atom is 0.254 e. The second-order valence-corrected chi connectivity index (χ2v) is 6.23. The van der Waals surface area contributed by atoms with Gasteiger partial charge in [0.1, 0.15) is 5.75 Å². The third-order valence-electron chi connectivity index (χ3n) is 4.70. The number of hydrogen-bond acceptors (Lipinski definition) is 5. The lowest BCUT2D eigenvalue weighted by Crippen LogP contribution is -2.48. The third-order valence-corrected chi connectivity index (χ3v) is 4.70. The molecule has 2 saturated heterocycles. The molecule has 0 spiro atoms. The number of carbonyl (C=O) groups is 2. The summed E-state index contributed by atoms with van der Waals surface area (Å²) in [5.41, 5.74) is 0.543. The largest absolute Gasteiger partial charge is 0.437 e. The van der Waals surface area contributed by atoms with Crippen LogP contribution in [-0.2, 0) is 4.79 Å². The van der Waals surface area contributed by atoms with Gasteiger partial charge < -0.3 is 15.0 Å². The predicted molar refractivity (Wildman–Crippen MR) is 89.1 cm³/mol. The number of hydrogen-bond donors (Lipinski definition) is 1. The van der Waals surface area contributed by atoms with Gasteiger partial charge in [0, 0.05) is 31.0 Å². The summed E-state index contributed by atoms with van der Waals surface area (Å²) in [5.74, 6) is 0.797. The summed E-state index contributed by atoms with van der Waals surface area (Å²) in [5, 5.41) is 2.87. The number of amides is 2. The van der Waals surface area contributed by atoms with Crippen LogP contribution in [0.2, 0.25) is 0 Å². The second kappa shape index (κ2) is 6.51. The van der Waals surface area contributed by atoms with Gasteiger partial charge in [0.05, 0.1) is 18.2 Å². The molecule has 3 heterocycles. The molecule has 2 fully saturated rings. The van der Waals surface area contributed by atoms with Crippen molar-refractivity contribution in [3.63, 3.8) is 0 Å². The van der Waals surface area contributed by atoms with E-state index in [1.807, 2.05) is 4.90 Å². The van der Waals surface area contributed by atoms with Crippen molar-refractivity contribution in [2.45, 2.75) is 18.9 Å². The molecule has 1 aromatic carbocycles. The first-order chi connectivity index (χ1) is 12.2. The fourth-order valence-corrected chi connectivity index (χ4v) is 3.52. The van der Waals surface area contributed by atoms with E-state index in [-0.39, 0.29) is 23.8 Å². The zero-order valence-corrected chi connectivity index (χ0v) is 13.6. The molecule has 7 nitrogen and oxygen atoms in total. The molecule has 25 heavy (non-hydrogen) atoms. The lowest BCUT2D eigenvalue weighted by molar-refractivity contribution is -0.123. The van der Waals surface area contributed by atoms with Crippen molar-refractivity contribution in [3.8, 4) is 11.6 Å². The standard InChI is InChI=1S/C18H18N4O3/c23-17-14-5-2-8-22(15(14)10-21-17)18(24)12-3-1-4-13(9-12)25-16-11-19-6-7-20-16/h1,3-4,6-7,9,11,14-15H,2,5,8,10H2,(H,21,23)/t14-,15-/m1/s1. The van der Waals surface area contributed by atoms with Gasteiger partial charge in [-0.3, -0.25) is 14.6 Å². The highest BCUT2D eigenvalue weighted by molar-refractivity contribution is 5.96. The van der Waals surface area contributed by atoms with E-state index in [0.29, 0.717) is 30.3 Å². The summed E-state index contributed by atoms with van der Waals surface area (Å²) in [4.78, 5) is 34.7. The molecule has 2 aliphatic heterocycles. The van der Waals surface area contributed by atoms with Crippen LogP contribution in [0.25, 0.3) is 0 Å². The summed E-state index contributed by atoms with van der Waals surface area (Å²) < 4.78 is 5.65. The van der Waals surface area contributed by atoms with Crippen LogP contribution in [0.5, 0.6) is 11.6 Å². The number of piperidine rings is 1. The number of rotatable bonds is 3. The molecule has 0 radical (unpaired) electrons. The molecule has 2 atom stereocenters. The summed E-state index contributed by atoms with van der Waals surface area (Å²) >= 11 is 0. The van der Waals surface area contributed by atoms with Crippen molar-refractivity contribution < 1.29 is 14.3 Å². The van der Waals surface area contributed by atoms with Gasteiger partial charge in [-0.05, 0) is 31.0 Å². The van der Waals surface area contributed by atoms with E-state index in [4.69, 9.17) is 4.74 Å². The first kappa shape index (κ1) is 15.6. The molecule has 2 aliphatic rings. The van der Waals surface area contributed by atoms with E-state index < -0.39 is 0 Å². The van der Waals surface area contributed by atoms with E-state index in [1.54, 1.807) is 36.7 Å². The fraction of sp³-hybridized carbons (Fsp3) is 0.333. The fourth-order valence-electron chi connectivity index (χ4n) is 3.52. The molecule has 0 unspecified atom stereocenters. The van der Waals surface area contributed by atoms with Gasteiger partial charge in [0.25, 0.3) is 5.91 Å². The minimum Gasteiger partial charge on any atom is -0.437 e. The van der Waals surface area contributed by atoms with Crippen LogP contribution in [0, 0.1) is 5.92 Å². The first-order valence-electron chi connectivity index (χ1n) is 8.35. The molecular weight excluding hydrogens is 320 g/mol. The van der Waals surface area contributed by atoms with Crippen molar-refractivity contribution in [1.82, 2.24) is 20.2 Å². The summed E-state index contributed by atoms with van der Waals surface area (Å²) in [6.07, 6.45) is 6.31. The monoisotopic (exact) mass is 338 g/mol. The Kier molecular flexibility index (Phi) is 4.05. The number of nitrogens with zero attached hydrogens (tertiary/aromatic N) is 3. The third kappa shape index (κ3) is 3.05. The smallest absolute Gasteiger partial charge is 0.254 e. The number of nitrogens with one attached hydrogen (secondary N) is 1. The van der Waals surface area contributed by atoms with E-state index in [0.717, 1.165) is 12.8 Å². The lowest BCUT2D eigenvalue weighted by atomic mass is 9.91. The van der Waals surface area contributed by atoms with E-state index in [2.05, 4.69) is 15.3 Å². The Morgan fingerprint density at radius 2 is 2.24 bits per heavy atom. The van der Waals surface area contributed by atoms with Gasteiger partial charge in [0.15, 0.2) is 0 Å². The summed E-state index contributed by atoms with van der Waals surface area (Å²) in [6.45, 7) is 1.20. The van der Waals surface area contributed by atoms with Crippen molar-refractivity contribution >= 4 is 11.8 Å². The molecule has 0 bridgehead atoms. The highest BCUT2D eigenvalue weighted by atomic mass is 16.5. The Morgan fingerprint density at radius 1 is 1.32 bits per heavy atom. The van der Waals surface area contributed by atoms with Gasteiger partial charge in [-0.15, -0.1) is 0 Å². The Hall–Kier alpha value is -2.96. The zero-order valence-electron chi connectivity index (χ0n) is 13.6. The topological polar surface area (TPSA) is 84.4 Å². The Balaban J connectivity index is 1.54. The minimum atomic E-state index is -0.0864. The van der Waals surface area contributed by atoms with E-state index in [9.17, 15) is 9.59 Å². The zero-order chi connectivity index (χ0) is 17.2. The molecule has 0 saturated carbocycles. The average Bonchev–Trinajstić information content (AvgIpc) is 3.03. The van der Waals surface area contributed by atoms with Crippen LogP contribution in [-0.4, -0.2) is 45.8 Å². The molecule has 0 aliphatic carbocycles. The molecule has 4 rings (SSSR count). The molecule has 2 amide bonds. The number of carbonyl (C=O) groups excluding carboxylic acids is 2. The molecule has 128 valence electrons. The molecule has 2 aromatic rings. The number of likely N-dealkylation sites (tertiary alicyclic amines) is 1. The number of ether oxygens (including phenoxy) is 1. The first-order valence-corrected chi connectivity index (χ1v) is 8.35. The molecule has 1 N–H and O–H groups in total. The summed E-state index contributed by atoms with van der Waals surface area (Å²) in [6, 6.07) is 6.95. The molecule has 7 heteroatoms.